The molecule has 1 saturated heterocycles. The van der Waals surface area contributed by atoms with Crippen LogP contribution in [0.4, 0.5) is 0 Å². The standard InChI is InChI=1S/C8H15NO2.C6H5NO.H2/c1-6(8(10)11)7-2-4-9-5-3-7;8-5-6-1-3-7-4-2-6;/h6-7,9H,2-5H2,1H3,(H,10,11);1-5H;1H. The summed E-state index contributed by atoms with van der Waals surface area (Å²) in [6.45, 7) is 3.75. The molecule has 1 aromatic heterocycles. The highest BCUT2D eigenvalue weighted by atomic mass is 16.4. The summed E-state index contributed by atoms with van der Waals surface area (Å²) in [6.07, 6.45) is 5.98. The SMILES string of the molecule is CC(C(=O)O)C1CCNCC1.O=Cc1ccncc1.[HH]. The molecular weight excluding hydrogens is 244 g/mol. The third-order valence-corrected chi connectivity index (χ3v) is 3.32. The zero-order valence-electron chi connectivity index (χ0n) is 11.1. The van der Waals surface area contributed by atoms with E-state index >= 15 is 0 Å². The number of pyridine rings is 1. The zero-order valence-corrected chi connectivity index (χ0v) is 11.1. The van der Waals surface area contributed by atoms with Gasteiger partial charge in [-0.15, -0.1) is 0 Å². The second kappa shape index (κ2) is 8.37. The summed E-state index contributed by atoms with van der Waals surface area (Å²) in [5.74, 6) is -0.442. The number of carbonyl (C=O) groups excluding carboxylic acids is 1. The lowest BCUT2D eigenvalue weighted by Gasteiger charge is -2.25. The molecule has 1 aliphatic rings. The first kappa shape index (κ1) is 15.3. The highest BCUT2D eigenvalue weighted by molar-refractivity contribution is 5.74. The number of piperidine rings is 1. The van der Waals surface area contributed by atoms with Crippen LogP contribution in [-0.2, 0) is 4.79 Å². The maximum atomic E-state index is 10.6. The summed E-state index contributed by atoms with van der Waals surface area (Å²) in [4.78, 5) is 24.3. The third kappa shape index (κ3) is 5.61. The van der Waals surface area contributed by atoms with Crippen LogP contribution >= 0.6 is 0 Å². The lowest BCUT2D eigenvalue weighted by Crippen LogP contribution is -2.33. The van der Waals surface area contributed by atoms with Crippen molar-refractivity contribution in [2.75, 3.05) is 13.1 Å². The van der Waals surface area contributed by atoms with E-state index < -0.39 is 5.97 Å². The van der Waals surface area contributed by atoms with Crippen molar-refractivity contribution in [1.82, 2.24) is 10.3 Å². The van der Waals surface area contributed by atoms with E-state index in [1.807, 2.05) is 0 Å². The van der Waals surface area contributed by atoms with E-state index in [0.717, 1.165) is 32.2 Å². The van der Waals surface area contributed by atoms with Crippen molar-refractivity contribution in [3.8, 4) is 0 Å². The van der Waals surface area contributed by atoms with Gasteiger partial charge in [-0.2, -0.15) is 0 Å². The minimum absolute atomic E-state index is 0. The maximum absolute atomic E-state index is 10.6. The number of aliphatic carboxylic acids is 1. The van der Waals surface area contributed by atoms with Crippen molar-refractivity contribution >= 4 is 12.3 Å². The Morgan fingerprint density at radius 2 is 2.05 bits per heavy atom. The summed E-state index contributed by atoms with van der Waals surface area (Å²) in [6, 6.07) is 3.32. The minimum Gasteiger partial charge on any atom is -0.481 e. The van der Waals surface area contributed by atoms with Gasteiger partial charge in [-0.3, -0.25) is 14.6 Å². The van der Waals surface area contributed by atoms with E-state index in [-0.39, 0.29) is 7.34 Å². The molecule has 19 heavy (non-hydrogen) atoms. The molecular formula is C14H22N2O3. The fourth-order valence-corrected chi connectivity index (χ4v) is 1.99. The smallest absolute Gasteiger partial charge is 0.306 e. The Labute approximate surface area is 114 Å². The molecule has 5 heteroatoms. The van der Waals surface area contributed by atoms with Gasteiger partial charge in [-0.05, 0) is 44.0 Å². The molecule has 0 radical (unpaired) electrons. The van der Waals surface area contributed by atoms with Crippen molar-refractivity contribution in [2.24, 2.45) is 11.8 Å². The summed E-state index contributed by atoms with van der Waals surface area (Å²) in [5.41, 5.74) is 0.667. The summed E-state index contributed by atoms with van der Waals surface area (Å²) >= 11 is 0. The second-order valence-corrected chi connectivity index (χ2v) is 4.61. The van der Waals surface area contributed by atoms with Gasteiger partial charge in [0.15, 0.2) is 0 Å². The number of rotatable bonds is 3. The van der Waals surface area contributed by atoms with Crippen LogP contribution in [-0.4, -0.2) is 35.4 Å². The van der Waals surface area contributed by atoms with Gasteiger partial charge in [0.2, 0.25) is 0 Å². The molecule has 2 rings (SSSR count). The van der Waals surface area contributed by atoms with E-state index in [1.165, 1.54) is 0 Å². The van der Waals surface area contributed by atoms with Crippen LogP contribution in [0.1, 0.15) is 31.6 Å². The first-order valence-electron chi connectivity index (χ1n) is 6.44. The van der Waals surface area contributed by atoms with Gasteiger partial charge in [-0.25, -0.2) is 0 Å². The lowest BCUT2D eigenvalue weighted by molar-refractivity contribution is -0.143. The monoisotopic (exact) mass is 266 g/mol. The highest BCUT2D eigenvalue weighted by Gasteiger charge is 2.24. The van der Waals surface area contributed by atoms with Crippen LogP contribution < -0.4 is 5.32 Å². The van der Waals surface area contributed by atoms with Crippen LogP contribution in [0.2, 0.25) is 0 Å². The van der Waals surface area contributed by atoms with Gasteiger partial charge in [0.25, 0.3) is 0 Å². The average Bonchev–Trinajstić information content (AvgIpc) is 2.48. The van der Waals surface area contributed by atoms with Crippen LogP contribution in [0, 0.1) is 11.8 Å². The molecule has 106 valence electrons. The number of hydrogen-bond acceptors (Lipinski definition) is 4. The summed E-state index contributed by atoms with van der Waals surface area (Å²) in [5, 5.41) is 11.9. The molecule has 0 aliphatic carbocycles. The quantitative estimate of drug-likeness (QED) is 0.816. The average molecular weight is 266 g/mol. The normalized spacial score (nSPS) is 16.9. The topological polar surface area (TPSA) is 79.3 Å². The Balaban J connectivity index is 0.000000359. The predicted molar refractivity (Wildman–Crippen MR) is 74.1 cm³/mol. The molecule has 1 aliphatic heterocycles. The van der Waals surface area contributed by atoms with E-state index in [0.29, 0.717) is 11.5 Å². The zero-order chi connectivity index (χ0) is 14.1. The first-order chi connectivity index (χ1) is 9.15. The fourth-order valence-electron chi connectivity index (χ4n) is 1.99. The van der Waals surface area contributed by atoms with E-state index in [4.69, 9.17) is 5.11 Å². The van der Waals surface area contributed by atoms with Crippen LogP contribution in [0.25, 0.3) is 0 Å². The molecule has 0 bridgehead atoms. The van der Waals surface area contributed by atoms with Crippen molar-refractivity contribution in [2.45, 2.75) is 19.8 Å². The van der Waals surface area contributed by atoms with E-state index in [2.05, 4.69) is 10.3 Å². The number of aldehydes is 1. The number of carbonyl (C=O) groups is 2. The third-order valence-electron chi connectivity index (χ3n) is 3.32. The Bertz CT molecular complexity index is 395. The maximum Gasteiger partial charge on any atom is 0.306 e. The number of hydrogen-bond donors (Lipinski definition) is 2. The van der Waals surface area contributed by atoms with Gasteiger partial charge < -0.3 is 10.4 Å². The highest BCUT2D eigenvalue weighted by Crippen LogP contribution is 2.21. The second-order valence-electron chi connectivity index (χ2n) is 4.61. The van der Waals surface area contributed by atoms with Crippen molar-refractivity contribution in [3.63, 3.8) is 0 Å². The Morgan fingerprint density at radius 3 is 2.47 bits per heavy atom. The Kier molecular flexibility index (Phi) is 6.74. The molecule has 1 aromatic rings. The van der Waals surface area contributed by atoms with Gasteiger partial charge in [0, 0.05) is 19.4 Å². The number of carboxylic acid groups (broad SMARTS) is 1. The molecule has 0 saturated carbocycles. The van der Waals surface area contributed by atoms with Gasteiger partial charge in [0.1, 0.15) is 6.29 Å². The Hall–Kier alpha value is -1.75. The number of nitrogens with zero attached hydrogens (tertiary/aromatic N) is 1. The molecule has 5 nitrogen and oxygen atoms in total. The largest absolute Gasteiger partial charge is 0.481 e. The van der Waals surface area contributed by atoms with Crippen LogP contribution in [0.3, 0.4) is 0 Å². The fraction of sp³-hybridized carbons (Fsp3) is 0.500. The van der Waals surface area contributed by atoms with E-state index in [9.17, 15) is 9.59 Å². The molecule has 2 heterocycles. The van der Waals surface area contributed by atoms with Crippen molar-refractivity contribution in [3.05, 3.63) is 30.1 Å². The van der Waals surface area contributed by atoms with Crippen molar-refractivity contribution in [1.29, 1.82) is 0 Å². The summed E-state index contributed by atoms with van der Waals surface area (Å²) < 4.78 is 0. The predicted octanol–water partition coefficient (Wildman–Crippen LogP) is 1.85. The first-order valence-corrected chi connectivity index (χ1v) is 6.44. The van der Waals surface area contributed by atoms with Gasteiger partial charge in [-0.1, -0.05) is 6.92 Å². The van der Waals surface area contributed by atoms with E-state index in [1.54, 1.807) is 31.5 Å². The van der Waals surface area contributed by atoms with Gasteiger partial charge in [0.05, 0.1) is 5.92 Å². The molecule has 0 spiro atoms. The Morgan fingerprint density at radius 1 is 1.47 bits per heavy atom. The van der Waals surface area contributed by atoms with Crippen molar-refractivity contribution < 1.29 is 16.1 Å². The number of carboxylic acids is 1. The molecule has 1 unspecified atom stereocenters. The minimum atomic E-state index is -0.656. The number of aromatic nitrogens is 1. The van der Waals surface area contributed by atoms with Gasteiger partial charge >= 0.3 is 5.97 Å². The molecule has 1 fully saturated rings. The van der Waals surface area contributed by atoms with Crippen LogP contribution in [0.5, 0.6) is 0 Å². The number of nitrogens with one attached hydrogen (secondary N) is 1. The molecule has 2 N–H and O–H groups in total. The lowest BCUT2D eigenvalue weighted by atomic mass is 9.86. The van der Waals surface area contributed by atoms with Crippen LogP contribution in [0.15, 0.2) is 24.5 Å². The summed E-state index contributed by atoms with van der Waals surface area (Å²) in [7, 11) is 0. The molecule has 0 amide bonds. The molecule has 0 aromatic carbocycles. The molecule has 1 atom stereocenters.